The normalized spacial score (nSPS) is 11.7. The van der Waals surface area contributed by atoms with Gasteiger partial charge in [-0.05, 0) is 35.8 Å². The number of carbonyl (C=O) groups excluding carboxylic acids is 2. The maximum absolute atomic E-state index is 12.4. The van der Waals surface area contributed by atoms with Gasteiger partial charge < -0.3 is 29.7 Å². The highest BCUT2D eigenvalue weighted by molar-refractivity contribution is 6.43. The van der Waals surface area contributed by atoms with Gasteiger partial charge in [-0.15, -0.1) is 0 Å². The minimum atomic E-state index is -1.71. The molecule has 2 aromatic carbocycles. The van der Waals surface area contributed by atoms with Crippen LogP contribution < -0.4 is 14.8 Å². The molecule has 0 aromatic heterocycles. The van der Waals surface area contributed by atoms with Crippen LogP contribution >= 0.6 is 0 Å². The molecule has 1 atom stereocenters. The van der Waals surface area contributed by atoms with E-state index in [4.69, 9.17) is 9.47 Å². The summed E-state index contributed by atoms with van der Waals surface area (Å²) in [5, 5.41) is 31.1. The highest BCUT2D eigenvalue weighted by Gasteiger charge is 2.25. The van der Waals surface area contributed by atoms with Crippen molar-refractivity contribution in [3.8, 4) is 17.6 Å². The maximum atomic E-state index is 12.4. The molecule has 3 N–H and O–H groups in total. The second kappa shape index (κ2) is 13.0. The van der Waals surface area contributed by atoms with Crippen molar-refractivity contribution in [2.45, 2.75) is 18.8 Å². The van der Waals surface area contributed by atoms with E-state index >= 15 is 0 Å². The molecule has 0 aliphatic heterocycles. The van der Waals surface area contributed by atoms with Crippen molar-refractivity contribution in [2.75, 3.05) is 27.8 Å². The van der Waals surface area contributed by atoms with Gasteiger partial charge in [-0.3, -0.25) is 9.59 Å². The largest absolute Gasteiger partial charge is 0.493 e. The summed E-state index contributed by atoms with van der Waals surface area (Å²) in [7, 11) is 2.87. The summed E-state index contributed by atoms with van der Waals surface area (Å²) in [6, 6.07) is 16.0. The van der Waals surface area contributed by atoms with Crippen LogP contribution in [0.25, 0.3) is 6.08 Å². The van der Waals surface area contributed by atoms with Gasteiger partial charge in [-0.1, -0.05) is 36.4 Å². The van der Waals surface area contributed by atoms with Crippen LogP contribution in [0.15, 0.2) is 54.1 Å². The van der Waals surface area contributed by atoms with Crippen molar-refractivity contribution in [1.29, 1.82) is 5.26 Å². The first kappa shape index (κ1) is 26.4. The summed E-state index contributed by atoms with van der Waals surface area (Å²) in [5.74, 6) is -0.943. The number of nitriles is 1. The van der Waals surface area contributed by atoms with Crippen molar-refractivity contribution < 1.29 is 29.1 Å². The Bertz CT molecular complexity index is 1050. The Hall–Kier alpha value is -3.81. The fourth-order valence-corrected chi connectivity index (χ4v) is 3.08. The average molecular weight is 465 g/mol. The van der Waals surface area contributed by atoms with Gasteiger partial charge in [0, 0.05) is 14.1 Å². The van der Waals surface area contributed by atoms with Gasteiger partial charge in [0.1, 0.15) is 11.6 Å². The Kier molecular flexibility index (Phi) is 10.1. The van der Waals surface area contributed by atoms with Gasteiger partial charge in [0.2, 0.25) is 5.91 Å². The summed E-state index contributed by atoms with van der Waals surface area (Å²) >= 11 is 0. The molecule has 0 fully saturated rings. The second-order valence-electron chi connectivity index (χ2n) is 7.66. The van der Waals surface area contributed by atoms with Crippen LogP contribution in [0.1, 0.15) is 17.5 Å². The van der Waals surface area contributed by atoms with Gasteiger partial charge in [0.25, 0.3) is 5.91 Å². The van der Waals surface area contributed by atoms with Crippen molar-refractivity contribution in [3.05, 3.63) is 65.2 Å². The van der Waals surface area contributed by atoms with Crippen LogP contribution in [0.3, 0.4) is 0 Å². The highest BCUT2D eigenvalue weighted by Crippen LogP contribution is 2.29. The van der Waals surface area contributed by atoms with Crippen LogP contribution in [0.2, 0.25) is 0 Å². The number of carbonyl (C=O) groups is 2. The number of amides is 2. The van der Waals surface area contributed by atoms with Crippen LogP contribution in [-0.4, -0.2) is 67.6 Å². The van der Waals surface area contributed by atoms with Gasteiger partial charge in [0.15, 0.2) is 11.5 Å². The summed E-state index contributed by atoms with van der Waals surface area (Å²) in [6.45, 7) is -0.00330. The van der Waals surface area contributed by atoms with Crippen LogP contribution in [0.5, 0.6) is 11.5 Å². The molecule has 178 valence electrons. The van der Waals surface area contributed by atoms with Crippen LogP contribution in [0.4, 0.5) is 0 Å². The van der Waals surface area contributed by atoms with Crippen molar-refractivity contribution in [3.63, 3.8) is 0 Å². The highest BCUT2D eigenvalue weighted by atomic mass is 16.5. The quantitative estimate of drug-likeness (QED) is 0.258. The molecule has 2 aromatic rings. The molecule has 34 heavy (non-hydrogen) atoms. The predicted octanol–water partition coefficient (Wildman–Crippen LogP) is 1.20. The molecule has 2 amide bonds. The van der Waals surface area contributed by atoms with E-state index in [0.29, 0.717) is 17.1 Å². The first-order chi connectivity index (χ1) is 16.2. The molecule has 0 aliphatic rings. The molecule has 0 unspecified atom stereocenters. The Morgan fingerprint density at radius 2 is 1.88 bits per heavy atom. The first-order valence-electron chi connectivity index (χ1n) is 10.6. The van der Waals surface area contributed by atoms with Gasteiger partial charge in [0.05, 0.1) is 26.1 Å². The van der Waals surface area contributed by atoms with E-state index in [1.165, 1.54) is 18.1 Å². The molecule has 0 saturated heterocycles. The lowest BCUT2D eigenvalue weighted by molar-refractivity contribution is -0.124. The molecular weight excluding hydrogens is 437 g/mol. The summed E-state index contributed by atoms with van der Waals surface area (Å²) < 4.78 is 11.0. The molecule has 0 saturated carbocycles. The van der Waals surface area contributed by atoms with E-state index in [2.05, 4.69) is 5.32 Å². The third kappa shape index (κ3) is 7.96. The third-order valence-corrected chi connectivity index (χ3v) is 4.85. The van der Waals surface area contributed by atoms with Crippen LogP contribution in [-0.2, 0) is 16.0 Å². The van der Waals surface area contributed by atoms with Crippen molar-refractivity contribution in [2.24, 2.45) is 0 Å². The van der Waals surface area contributed by atoms with Crippen LogP contribution in [0, 0.1) is 11.3 Å². The molecule has 0 aliphatic carbocycles. The van der Waals surface area contributed by atoms with E-state index in [9.17, 15) is 24.9 Å². The monoisotopic (exact) mass is 465 g/mol. The topological polar surface area (TPSA) is 132 Å². The zero-order valence-corrected chi connectivity index (χ0v) is 19.4. The number of hydrogen-bond acceptors (Lipinski definition) is 7. The Balaban J connectivity index is 2.02. The van der Waals surface area contributed by atoms with E-state index < -0.39 is 24.9 Å². The Morgan fingerprint density at radius 3 is 2.47 bits per heavy atom. The fourth-order valence-electron chi connectivity index (χ4n) is 3.08. The van der Waals surface area contributed by atoms with Gasteiger partial charge >= 0.3 is 7.12 Å². The lowest BCUT2D eigenvalue weighted by Gasteiger charge is -2.18. The smallest absolute Gasteiger partial charge is 0.475 e. The van der Waals surface area contributed by atoms with E-state index in [1.807, 2.05) is 36.4 Å². The standard InChI is InChI=1S/C24H28BN3O6/c1-28(2)24(30)19(16-26)13-18-9-10-20(33-3)21(14-18)34-12-11-23(29)27-22(25(31)32)15-17-7-5-4-6-8-17/h4-10,13-14,22,31-32H,11-12,15H2,1-3H3,(H,27,29)/t22-/m0/s1. The number of hydrogen-bond donors (Lipinski definition) is 3. The predicted molar refractivity (Wildman–Crippen MR) is 128 cm³/mol. The molecule has 2 rings (SSSR count). The first-order valence-corrected chi connectivity index (χ1v) is 10.6. The zero-order chi connectivity index (χ0) is 25.1. The maximum Gasteiger partial charge on any atom is 0.475 e. The molecular formula is C24H28BN3O6. The molecule has 10 heteroatoms. The minimum Gasteiger partial charge on any atom is -0.493 e. The Morgan fingerprint density at radius 1 is 1.18 bits per heavy atom. The van der Waals surface area contributed by atoms with Crippen molar-refractivity contribution in [1.82, 2.24) is 10.2 Å². The van der Waals surface area contributed by atoms with E-state index in [0.717, 1.165) is 5.56 Å². The molecule has 0 heterocycles. The molecule has 9 nitrogen and oxygen atoms in total. The lowest BCUT2D eigenvalue weighted by atomic mass is 9.76. The van der Waals surface area contributed by atoms with Gasteiger partial charge in [-0.25, -0.2) is 0 Å². The van der Waals surface area contributed by atoms with E-state index in [1.54, 1.807) is 32.3 Å². The summed E-state index contributed by atoms with van der Waals surface area (Å²) in [5.41, 5.74) is 1.38. The molecule has 0 radical (unpaired) electrons. The fraction of sp³-hybridized carbons (Fsp3) is 0.292. The third-order valence-electron chi connectivity index (χ3n) is 4.85. The number of likely N-dealkylation sites (N-methyl/N-ethyl adjacent to an activating group) is 1. The van der Waals surface area contributed by atoms with Crippen molar-refractivity contribution >= 4 is 25.0 Å². The second-order valence-corrected chi connectivity index (χ2v) is 7.66. The number of nitrogens with one attached hydrogen (secondary N) is 1. The number of rotatable bonds is 11. The average Bonchev–Trinajstić information content (AvgIpc) is 2.82. The Labute approximate surface area is 199 Å². The van der Waals surface area contributed by atoms with Gasteiger partial charge in [-0.2, -0.15) is 5.26 Å². The minimum absolute atomic E-state index is 0.00330. The SMILES string of the molecule is COc1ccc(C=C(C#N)C(=O)N(C)C)cc1OCCC(=O)N[C@@H](Cc1ccccc1)B(O)O. The lowest BCUT2D eigenvalue weighted by Crippen LogP contribution is -2.48. The number of nitrogens with zero attached hydrogens (tertiary/aromatic N) is 2. The number of benzene rings is 2. The zero-order valence-electron chi connectivity index (χ0n) is 19.4. The molecule has 0 spiro atoms. The van der Waals surface area contributed by atoms with E-state index in [-0.39, 0.29) is 25.0 Å². The number of ether oxygens (including phenoxy) is 2. The summed E-state index contributed by atoms with van der Waals surface area (Å²) in [6.07, 6.45) is 1.67. The summed E-state index contributed by atoms with van der Waals surface area (Å²) in [4.78, 5) is 25.7. The molecule has 0 bridgehead atoms. The number of methoxy groups -OCH3 is 1.